The highest BCUT2D eigenvalue weighted by molar-refractivity contribution is 5.98. The van der Waals surface area contributed by atoms with Crippen LogP contribution in [0.15, 0.2) is 41.6 Å². The van der Waals surface area contributed by atoms with Crippen LogP contribution in [0.1, 0.15) is 18.9 Å². The standard InChI is InChI=1S/C15H16N2O3/c1-10-13-12(16-14(10)18)7-8-17(13)15(19)20-9-11-5-3-2-4-6-11/h2-6,12H,7-9H2,1H3,(H,16,18)/t12-/m0/s1. The van der Waals surface area contributed by atoms with E-state index in [1.807, 2.05) is 30.3 Å². The molecule has 104 valence electrons. The van der Waals surface area contributed by atoms with Gasteiger partial charge >= 0.3 is 6.09 Å². The van der Waals surface area contributed by atoms with Gasteiger partial charge < -0.3 is 10.1 Å². The molecule has 2 aliphatic rings. The number of hydrogen-bond donors (Lipinski definition) is 1. The minimum atomic E-state index is -0.387. The zero-order valence-corrected chi connectivity index (χ0v) is 11.3. The van der Waals surface area contributed by atoms with Gasteiger partial charge in [-0.15, -0.1) is 0 Å². The zero-order chi connectivity index (χ0) is 14.1. The van der Waals surface area contributed by atoms with Crippen LogP contribution in [0.2, 0.25) is 0 Å². The largest absolute Gasteiger partial charge is 0.444 e. The number of carbonyl (C=O) groups excluding carboxylic acids is 2. The molecule has 2 aliphatic heterocycles. The van der Waals surface area contributed by atoms with Gasteiger partial charge in [0.1, 0.15) is 6.61 Å². The van der Waals surface area contributed by atoms with Gasteiger partial charge in [-0.2, -0.15) is 0 Å². The first-order valence-corrected chi connectivity index (χ1v) is 6.66. The van der Waals surface area contributed by atoms with Crippen molar-refractivity contribution in [2.45, 2.75) is 26.0 Å². The lowest BCUT2D eigenvalue weighted by Crippen LogP contribution is -2.29. The summed E-state index contributed by atoms with van der Waals surface area (Å²) in [6.45, 7) is 2.58. The first kappa shape index (κ1) is 12.7. The van der Waals surface area contributed by atoms with E-state index in [1.54, 1.807) is 11.8 Å². The fourth-order valence-corrected chi connectivity index (χ4v) is 2.68. The Morgan fingerprint density at radius 2 is 2.15 bits per heavy atom. The van der Waals surface area contributed by atoms with Gasteiger partial charge in [-0.1, -0.05) is 30.3 Å². The number of nitrogens with zero attached hydrogens (tertiary/aromatic N) is 1. The third-order valence-corrected chi connectivity index (χ3v) is 3.72. The first-order valence-electron chi connectivity index (χ1n) is 6.66. The second-order valence-corrected chi connectivity index (χ2v) is 5.02. The summed E-state index contributed by atoms with van der Waals surface area (Å²) in [7, 11) is 0. The Morgan fingerprint density at radius 3 is 2.90 bits per heavy atom. The average molecular weight is 272 g/mol. The molecule has 0 aliphatic carbocycles. The molecule has 20 heavy (non-hydrogen) atoms. The molecule has 5 nitrogen and oxygen atoms in total. The lowest BCUT2D eigenvalue weighted by atomic mass is 10.2. The summed E-state index contributed by atoms with van der Waals surface area (Å²) in [4.78, 5) is 25.3. The quantitative estimate of drug-likeness (QED) is 0.893. The number of carbonyl (C=O) groups is 2. The second kappa shape index (κ2) is 5.00. The van der Waals surface area contributed by atoms with Gasteiger partial charge in [0.05, 0.1) is 11.7 Å². The number of ether oxygens (including phenoxy) is 1. The highest BCUT2D eigenvalue weighted by Crippen LogP contribution is 2.30. The SMILES string of the molecule is CC1=C2[C@H](CCN2C(=O)OCc2ccccc2)NC1=O. The van der Waals surface area contributed by atoms with Gasteiger partial charge in [0.15, 0.2) is 0 Å². The molecule has 0 unspecified atom stereocenters. The van der Waals surface area contributed by atoms with Crippen LogP contribution in [-0.2, 0) is 16.1 Å². The summed E-state index contributed by atoms with van der Waals surface area (Å²) in [6.07, 6.45) is 0.362. The Hall–Kier alpha value is -2.30. The van der Waals surface area contributed by atoms with Crippen molar-refractivity contribution in [1.82, 2.24) is 10.2 Å². The molecule has 0 spiro atoms. The van der Waals surface area contributed by atoms with Crippen LogP contribution in [0.5, 0.6) is 0 Å². The summed E-state index contributed by atoms with van der Waals surface area (Å²) >= 11 is 0. The van der Waals surface area contributed by atoms with Crippen LogP contribution < -0.4 is 5.32 Å². The third kappa shape index (κ3) is 2.15. The van der Waals surface area contributed by atoms with E-state index in [-0.39, 0.29) is 24.6 Å². The predicted molar refractivity (Wildman–Crippen MR) is 72.6 cm³/mol. The van der Waals surface area contributed by atoms with E-state index in [1.165, 1.54) is 0 Å². The summed E-state index contributed by atoms with van der Waals surface area (Å²) < 4.78 is 5.32. The monoisotopic (exact) mass is 272 g/mol. The Bertz CT molecular complexity index is 580. The number of likely N-dealkylation sites (tertiary alicyclic amines) is 1. The van der Waals surface area contributed by atoms with Crippen molar-refractivity contribution in [2.75, 3.05) is 6.54 Å². The van der Waals surface area contributed by atoms with Crippen LogP contribution >= 0.6 is 0 Å². The Balaban J connectivity index is 1.68. The molecular weight excluding hydrogens is 256 g/mol. The molecule has 1 fully saturated rings. The van der Waals surface area contributed by atoms with Crippen LogP contribution in [0.3, 0.4) is 0 Å². The van der Waals surface area contributed by atoms with Crippen molar-refractivity contribution >= 4 is 12.0 Å². The van der Waals surface area contributed by atoms with Crippen LogP contribution in [0, 0.1) is 0 Å². The van der Waals surface area contributed by atoms with Crippen molar-refractivity contribution < 1.29 is 14.3 Å². The summed E-state index contributed by atoms with van der Waals surface area (Å²) in [6, 6.07) is 9.51. The van der Waals surface area contributed by atoms with E-state index in [4.69, 9.17) is 4.74 Å². The molecule has 1 saturated heterocycles. The Morgan fingerprint density at radius 1 is 1.40 bits per heavy atom. The zero-order valence-electron chi connectivity index (χ0n) is 11.3. The van der Waals surface area contributed by atoms with E-state index < -0.39 is 0 Å². The topological polar surface area (TPSA) is 58.6 Å². The molecule has 1 aromatic carbocycles. The second-order valence-electron chi connectivity index (χ2n) is 5.02. The molecule has 1 N–H and O–H groups in total. The summed E-state index contributed by atoms with van der Waals surface area (Å²) in [5.41, 5.74) is 2.33. The van der Waals surface area contributed by atoms with Crippen LogP contribution in [0.4, 0.5) is 4.79 Å². The maximum Gasteiger partial charge on any atom is 0.414 e. The van der Waals surface area contributed by atoms with Crippen LogP contribution in [-0.4, -0.2) is 29.5 Å². The van der Waals surface area contributed by atoms with E-state index >= 15 is 0 Å². The number of fused-ring (bicyclic) bond motifs is 1. The number of nitrogens with one attached hydrogen (secondary N) is 1. The van der Waals surface area contributed by atoms with E-state index in [9.17, 15) is 9.59 Å². The lowest BCUT2D eigenvalue weighted by molar-refractivity contribution is -0.117. The van der Waals surface area contributed by atoms with Gasteiger partial charge in [-0.25, -0.2) is 4.79 Å². The highest BCUT2D eigenvalue weighted by Gasteiger charge is 2.40. The molecule has 1 aromatic rings. The van der Waals surface area contributed by atoms with E-state index in [0.717, 1.165) is 17.7 Å². The minimum absolute atomic E-state index is 0.0354. The molecule has 0 aromatic heterocycles. The molecule has 0 radical (unpaired) electrons. The van der Waals surface area contributed by atoms with Gasteiger partial charge in [0, 0.05) is 12.1 Å². The van der Waals surface area contributed by atoms with Gasteiger partial charge in [-0.3, -0.25) is 9.69 Å². The van der Waals surface area contributed by atoms with Gasteiger partial charge in [-0.05, 0) is 18.9 Å². The van der Waals surface area contributed by atoms with Crippen molar-refractivity contribution in [2.24, 2.45) is 0 Å². The number of rotatable bonds is 2. The van der Waals surface area contributed by atoms with Crippen LogP contribution in [0.25, 0.3) is 0 Å². The molecule has 0 bridgehead atoms. The van der Waals surface area contributed by atoms with Crippen molar-refractivity contribution in [3.05, 3.63) is 47.2 Å². The van der Waals surface area contributed by atoms with Crippen molar-refractivity contribution in [3.8, 4) is 0 Å². The molecule has 2 heterocycles. The number of benzene rings is 1. The number of amides is 2. The first-order chi connectivity index (χ1) is 9.66. The molecule has 5 heteroatoms. The van der Waals surface area contributed by atoms with Crippen molar-refractivity contribution in [3.63, 3.8) is 0 Å². The normalized spacial score (nSPS) is 20.9. The molecule has 2 amide bonds. The minimum Gasteiger partial charge on any atom is -0.444 e. The molecule has 1 atom stereocenters. The van der Waals surface area contributed by atoms with E-state index in [0.29, 0.717) is 12.1 Å². The van der Waals surface area contributed by atoms with Crippen molar-refractivity contribution in [1.29, 1.82) is 0 Å². The van der Waals surface area contributed by atoms with Gasteiger partial charge in [0.2, 0.25) is 5.91 Å². The fourth-order valence-electron chi connectivity index (χ4n) is 2.68. The maximum atomic E-state index is 12.1. The number of hydrogen-bond acceptors (Lipinski definition) is 3. The Kier molecular flexibility index (Phi) is 3.18. The third-order valence-electron chi connectivity index (χ3n) is 3.72. The molecule has 0 saturated carbocycles. The maximum absolute atomic E-state index is 12.1. The summed E-state index contributed by atoms with van der Waals surface area (Å²) in [5.74, 6) is -0.0921. The fraction of sp³-hybridized carbons (Fsp3) is 0.333. The Labute approximate surface area is 117 Å². The van der Waals surface area contributed by atoms with E-state index in [2.05, 4.69) is 5.32 Å². The summed E-state index contributed by atoms with van der Waals surface area (Å²) in [5, 5.41) is 2.86. The lowest BCUT2D eigenvalue weighted by Gasteiger charge is -2.18. The van der Waals surface area contributed by atoms with Gasteiger partial charge in [0.25, 0.3) is 0 Å². The molecular formula is C15H16N2O3. The smallest absolute Gasteiger partial charge is 0.414 e. The average Bonchev–Trinajstić information content (AvgIpc) is 2.99. The predicted octanol–water partition coefficient (Wildman–Crippen LogP) is 1.80. The highest BCUT2D eigenvalue weighted by atomic mass is 16.6. The molecule has 3 rings (SSSR count).